The average Bonchev–Trinajstić information content (AvgIpc) is 3.36. The number of anilines is 2. The number of rotatable bonds is 7. The number of hydrogen-bond donors (Lipinski definition) is 4. The lowest BCUT2D eigenvalue weighted by Crippen LogP contribution is -2.16. The maximum absolute atomic E-state index is 5.11. The fourth-order valence-corrected chi connectivity index (χ4v) is 3.07. The summed E-state index contributed by atoms with van der Waals surface area (Å²) in [7, 11) is 1.67. The van der Waals surface area contributed by atoms with Crippen LogP contribution >= 0.6 is 0 Å². The van der Waals surface area contributed by atoms with Crippen LogP contribution in [0.1, 0.15) is 35.5 Å². The summed E-state index contributed by atoms with van der Waals surface area (Å²) in [6.45, 7) is 3.09. The summed E-state index contributed by atoms with van der Waals surface area (Å²) in [6.07, 6.45) is 4.30. The second kappa shape index (κ2) is 7.37. The first-order valence-electron chi connectivity index (χ1n) is 8.95. The van der Waals surface area contributed by atoms with Crippen molar-refractivity contribution in [2.24, 2.45) is 0 Å². The van der Waals surface area contributed by atoms with Crippen LogP contribution in [0, 0.1) is 0 Å². The van der Waals surface area contributed by atoms with Gasteiger partial charge in [0.1, 0.15) is 5.82 Å². The number of H-pyrrole nitrogens is 1. The van der Waals surface area contributed by atoms with Crippen molar-refractivity contribution in [3.8, 4) is 0 Å². The van der Waals surface area contributed by atoms with Gasteiger partial charge in [-0.3, -0.25) is 5.10 Å². The molecule has 1 aliphatic heterocycles. The Balaban J connectivity index is 1.53. The predicted molar refractivity (Wildman–Crippen MR) is 95.6 cm³/mol. The number of nitrogens with zero attached hydrogens (tertiary/aromatic N) is 3. The molecule has 8 nitrogen and oxygen atoms in total. The van der Waals surface area contributed by atoms with Gasteiger partial charge in [0, 0.05) is 31.7 Å². The number of methoxy groups -OCH3 is 1. The molecule has 25 heavy (non-hydrogen) atoms. The van der Waals surface area contributed by atoms with Crippen molar-refractivity contribution in [2.75, 3.05) is 30.8 Å². The first-order chi connectivity index (χ1) is 12.3. The lowest BCUT2D eigenvalue weighted by Gasteiger charge is -2.15. The van der Waals surface area contributed by atoms with Crippen LogP contribution in [0.3, 0.4) is 0 Å². The molecule has 4 N–H and O–H groups in total. The molecule has 0 unspecified atom stereocenters. The van der Waals surface area contributed by atoms with E-state index in [9.17, 15) is 0 Å². The van der Waals surface area contributed by atoms with Crippen molar-refractivity contribution in [1.82, 2.24) is 25.5 Å². The molecule has 0 spiro atoms. The van der Waals surface area contributed by atoms with E-state index in [0.717, 1.165) is 54.8 Å². The third-order valence-corrected chi connectivity index (χ3v) is 4.52. The molecule has 2 aromatic rings. The van der Waals surface area contributed by atoms with Gasteiger partial charge in [-0.05, 0) is 31.9 Å². The summed E-state index contributed by atoms with van der Waals surface area (Å²) in [5.41, 5.74) is 4.29. The van der Waals surface area contributed by atoms with Crippen LogP contribution in [0.25, 0.3) is 0 Å². The summed E-state index contributed by atoms with van der Waals surface area (Å²) >= 11 is 0. The van der Waals surface area contributed by atoms with Gasteiger partial charge >= 0.3 is 0 Å². The number of aromatic amines is 1. The van der Waals surface area contributed by atoms with Crippen LogP contribution in [0.15, 0.2) is 6.07 Å². The van der Waals surface area contributed by atoms with Crippen molar-refractivity contribution in [1.29, 1.82) is 0 Å². The van der Waals surface area contributed by atoms with E-state index in [4.69, 9.17) is 14.7 Å². The molecule has 0 bridgehead atoms. The SMILES string of the molecule is COCc1cc(CNc2nc(NC3CC3)nc3c2CCNCC3)[nH]n1. The normalized spacial score (nSPS) is 17.0. The topological polar surface area (TPSA) is 99.8 Å². The first-order valence-corrected chi connectivity index (χ1v) is 8.95. The van der Waals surface area contributed by atoms with Gasteiger partial charge < -0.3 is 20.7 Å². The summed E-state index contributed by atoms with van der Waals surface area (Å²) < 4.78 is 5.11. The van der Waals surface area contributed by atoms with Crippen LogP contribution < -0.4 is 16.0 Å². The van der Waals surface area contributed by atoms with E-state index in [2.05, 4.69) is 26.1 Å². The molecule has 0 saturated heterocycles. The van der Waals surface area contributed by atoms with Gasteiger partial charge in [0.2, 0.25) is 5.95 Å². The predicted octanol–water partition coefficient (Wildman–Crippen LogP) is 1.22. The zero-order valence-corrected chi connectivity index (χ0v) is 14.6. The smallest absolute Gasteiger partial charge is 0.225 e. The Morgan fingerprint density at radius 2 is 2.12 bits per heavy atom. The minimum atomic E-state index is 0.514. The van der Waals surface area contributed by atoms with Gasteiger partial charge in [0.25, 0.3) is 0 Å². The molecule has 134 valence electrons. The van der Waals surface area contributed by atoms with E-state index in [0.29, 0.717) is 19.2 Å². The maximum atomic E-state index is 5.11. The molecule has 1 fully saturated rings. The number of hydrogen-bond acceptors (Lipinski definition) is 7. The number of fused-ring (bicyclic) bond motifs is 1. The third-order valence-electron chi connectivity index (χ3n) is 4.52. The molecular weight excluding hydrogens is 318 g/mol. The highest BCUT2D eigenvalue weighted by atomic mass is 16.5. The number of ether oxygens (including phenoxy) is 1. The minimum Gasteiger partial charge on any atom is -0.378 e. The van der Waals surface area contributed by atoms with Crippen molar-refractivity contribution in [2.45, 2.75) is 44.9 Å². The molecule has 8 heteroatoms. The molecule has 2 aromatic heterocycles. The van der Waals surface area contributed by atoms with Crippen molar-refractivity contribution < 1.29 is 4.74 Å². The van der Waals surface area contributed by atoms with Crippen molar-refractivity contribution in [3.63, 3.8) is 0 Å². The van der Waals surface area contributed by atoms with Gasteiger partial charge in [-0.15, -0.1) is 0 Å². The van der Waals surface area contributed by atoms with Crippen molar-refractivity contribution >= 4 is 11.8 Å². The molecule has 1 saturated carbocycles. The van der Waals surface area contributed by atoms with Crippen LogP contribution in [0.2, 0.25) is 0 Å². The van der Waals surface area contributed by atoms with Crippen LogP contribution in [0.4, 0.5) is 11.8 Å². The molecule has 1 aliphatic carbocycles. The van der Waals surface area contributed by atoms with Crippen LogP contribution in [-0.4, -0.2) is 46.4 Å². The fourth-order valence-electron chi connectivity index (χ4n) is 3.07. The molecule has 0 atom stereocenters. The summed E-state index contributed by atoms with van der Waals surface area (Å²) in [5, 5.41) is 17.6. The zero-order valence-electron chi connectivity index (χ0n) is 14.6. The molecular formula is C17H25N7O. The fraction of sp³-hybridized carbons (Fsp3) is 0.588. The summed E-state index contributed by atoms with van der Waals surface area (Å²) in [4.78, 5) is 9.50. The Kier molecular flexibility index (Phi) is 4.80. The second-order valence-electron chi connectivity index (χ2n) is 6.66. The van der Waals surface area contributed by atoms with Crippen LogP contribution in [0.5, 0.6) is 0 Å². The van der Waals surface area contributed by atoms with E-state index in [1.807, 2.05) is 6.07 Å². The van der Waals surface area contributed by atoms with Crippen LogP contribution in [-0.2, 0) is 30.7 Å². The van der Waals surface area contributed by atoms with E-state index < -0.39 is 0 Å². The van der Waals surface area contributed by atoms with Gasteiger partial charge in [-0.2, -0.15) is 10.1 Å². The van der Waals surface area contributed by atoms with E-state index in [1.54, 1.807) is 7.11 Å². The molecule has 3 heterocycles. The Morgan fingerprint density at radius 3 is 2.96 bits per heavy atom. The van der Waals surface area contributed by atoms with Gasteiger partial charge in [0.05, 0.1) is 30.2 Å². The van der Waals surface area contributed by atoms with Gasteiger partial charge in [-0.1, -0.05) is 0 Å². The summed E-state index contributed by atoms with van der Waals surface area (Å²) in [6, 6.07) is 2.56. The van der Waals surface area contributed by atoms with Gasteiger partial charge in [-0.25, -0.2) is 4.98 Å². The molecule has 0 amide bonds. The Labute approximate surface area is 147 Å². The molecule has 0 radical (unpaired) electrons. The Hall–Kier alpha value is -2.19. The van der Waals surface area contributed by atoms with E-state index >= 15 is 0 Å². The molecule has 0 aromatic carbocycles. The second-order valence-corrected chi connectivity index (χ2v) is 6.66. The quantitative estimate of drug-likeness (QED) is 0.600. The van der Waals surface area contributed by atoms with Gasteiger partial charge in [0.15, 0.2) is 0 Å². The molecule has 4 rings (SSSR count). The van der Waals surface area contributed by atoms with E-state index in [1.165, 1.54) is 18.4 Å². The number of nitrogens with one attached hydrogen (secondary N) is 4. The lowest BCUT2D eigenvalue weighted by molar-refractivity contribution is 0.181. The van der Waals surface area contributed by atoms with Crippen molar-refractivity contribution in [3.05, 3.63) is 28.7 Å². The minimum absolute atomic E-state index is 0.514. The highest BCUT2D eigenvalue weighted by molar-refractivity contribution is 5.52. The van der Waals surface area contributed by atoms with E-state index in [-0.39, 0.29) is 0 Å². The Bertz CT molecular complexity index is 726. The number of aromatic nitrogens is 4. The third kappa shape index (κ3) is 4.08. The highest BCUT2D eigenvalue weighted by Gasteiger charge is 2.24. The molecule has 2 aliphatic rings. The maximum Gasteiger partial charge on any atom is 0.225 e. The summed E-state index contributed by atoms with van der Waals surface area (Å²) in [5.74, 6) is 1.68. The highest BCUT2D eigenvalue weighted by Crippen LogP contribution is 2.26. The zero-order chi connectivity index (χ0) is 17.1. The lowest BCUT2D eigenvalue weighted by atomic mass is 10.1. The first kappa shape index (κ1) is 16.3. The average molecular weight is 343 g/mol. The standard InChI is InChI=1S/C17H25N7O/c1-25-10-13-8-12(23-24-13)9-19-16-14-4-6-18-7-5-15(14)21-17(22-16)20-11-2-3-11/h8,11,18H,2-7,9-10H2,1H3,(H,23,24)(H2,19,20,21,22). The largest absolute Gasteiger partial charge is 0.378 e. The Morgan fingerprint density at radius 1 is 1.24 bits per heavy atom. The monoisotopic (exact) mass is 343 g/mol.